The molecule has 2 aromatic carbocycles. The Morgan fingerprint density at radius 3 is 2.81 bits per heavy atom. The zero-order chi connectivity index (χ0) is 18.1. The highest BCUT2D eigenvalue weighted by Crippen LogP contribution is 2.31. The van der Waals surface area contributed by atoms with Crippen molar-refractivity contribution in [1.82, 2.24) is 10.3 Å². The summed E-state index contributed by atoms with van der Waals surface area (Å²) >= 11 is 1.35. The van der Waals surface area contributed by atoms with Crippen LogP contribution in [0.25, 0.3) is 5.70 Å². The molecular weight excluding hydrogens is 351 g/mol. The zero-order valence-corrected chi connectivity index (χ0v) is 14.5. The minimum atomic E-state index is -0.744. The zero-order valence-electron chi connectivity index (χ0n) is 13.7. The number of benzene rings is 2. The lowest BCUT2D eigenvalue weighted by atomic mass is 10.1. The Balaban J connectivity index is 1.93. The number of carbonyl (C=O) groups is 1. The van der Waals surface area contributed by atoms with Crippen LogP contribution in [0.4, 0.5) is 4.39 Å². The lowest BCUT2D eigenvalue weighted by molar-refractivity contribution is -0.116. The van der Waals surface area contributed by atoms with Gasteiger partial charge in [0.15, 0.2) is 11.3 Å². The molecule has 4 rings (SSSR count). The maximum atomic E-state index is 14.4. The number of halogens is 1. The molecule has 7 heteroatoms. The van der Waals surface area contributed by atoms with Crippen LogP contribution in [0, 0.1) is 5.82 Å². The van der Waals surface area contributed by atoms with Gasteiger partial charge in [-0.15, -0.1) is 11.7 Å². The fourth-order valence-corrected chi connectivity index (χ4v) is 3.50. The van der Waals surface area contributed by atoms with Crippen LogP contribution in [-0.2, 0) is 4.79 Å². The number of hydrazone groups is 1. The van der Waals surface area contributed by atoms with Crippen LogP contribution < -0.4 is 15.9 Å². The maximum absolute atomic E-state index is 14.4. The van der Waals surface area contributed by atoms with E-state index in [9.17, 15) is 9.18 Å². The molecule has 0 radical (unpaired) electrons. The Labute approximate surface area is 153 Å². The highest BCUT2D eigenvalue weighted by Gasteiger charge is 2.35. The molecule has 0 aromatic heterocycles. The Kier molecular flexibility index (Phi) is 4.30. The van der Waals surface area contributed by atoms with Crippen LogP contribution in [0.1, 0.15) is 11.7 Å². The van der Waals surface area contributed by atoms with Crippen molar-refractivity contribution in [2.24, 2.45) is 10.1 Å². The fourth-order valence-electron chi connectivity index (χ4n) is 2.92. The summed E-state index contributed by atoms with van der Waals surface area (Å²) in [6.45, 7) is 3.67. The fraction of sp³-hybridized carbons (Fsp3) is 0.105. The van der Waals surface area contributed by atoms with Gasteiger partial charge in [0.1, 0.15) is 11.5 Å². The van der Waals surface area contributed by atoms with Gasteiger partial charge < -0.3 is 0 Å². The molecule has 1 atom stereocenters. The summed E-state index contributed by atoms with van der Waals surface area (Å²) in [6, 6.07) is 13.7. The third-order valence-electron chi connectivity index (χ3n) is 4.04. The number of nitrogens with one attached hydrogen (secondary N) is 1. The minimum absolute atomic E-state index is 0.282. The second kappa shape index (κ2) is 6.76. The first kappa shape index (κ1) is 16.5. The highest BCUT2D eigenvalue weighted by atomic mass is 32.2. The van der Waals surface area contributed by atoms with Crippen molar-refractivity contribution in [3.63, 3.8) is 0 Å². The molecule has 0 saturated heterocycles. The van der Waals surface area contributed by atoms with Crippen molar-refractivity contribution in [3.05, 3.63) is 83.1 Å². The van der Waals surface area contributed by atoms with Gasteiger partial charge in [0.05, 0.1) is 5.36 Å². The highest BCUT2D eigenvalue weighted by molar-refractivity contribution is 8.14. The molecule has 2 aliphatic rings. The molecule has 130 valence electrons. The van der Waals surface area contributed by atoms with Gasteiger partial charge in [-0.2, -0.15) is 0 Å². The molecular formula is C19H15FN4OS. The number of nitrogens with zero attached hydrogens (tertiary/aromatic N) is 3. The largest absolute Gasteiger partial charge is 0.298 e. The standard InChI is InChI=1S/C19H15FN4OS/c1-2-11-26-19-22-18(25)16-13-8-4-6-10-15(13)21-17(24(16)23-19)12-7-3-5-9-14(12)20/h2-10,17H,1,11H2,(H,22,23,25). The average molecular weight is 366 g/mol. The normalized spacial score (nSPS) is 18.3. The van der Waals surface area contributed by atoms with Crippen LogP contribution >= 0.6 is 11.8 Å². The van der Waals surface area contributed by atoms with E-state index in [1.807, 2.05) is 24.3 Å². The molecule has 2 aliphatic heterocycles. The first-order valence-corrected chi connectivity index (χ1v) is 9.02. The van der Waals surface area contributed by atoms with Crippen molar-refractivity contribution in [1.29, 1.82) is 0 Å². The van der Waals surface area contributed by atoms with E-state index in [-0.39, 0.29) is 11.7 Å². The summed E-state index contributed by atoms with van der Waals surface area (Å²) in [5.41, 5.74) is 0.734. The quantitative estimate of drug-likeness (QED) is 0.844. The number of rotatable bonds is 3. The Morgan fingerprint density at radius 1 is 1.23 bits per heavy atom. The molecule has 0 saturated carbocycles. The lowest BCUT2D eigenvalue weighted by Gasteiger charge is -2.34. The number of amidine groups is 1. The summed E-state index contributed by atoms with van der Waals surface area (Å²) < 4.78 is 14.4. The van der Waals surface area contributed by atoms with E-state index in [2.05, 4.69) is 22.0 Å². The van der Waals surface area contributed by atoms with Crippen molar-refractivity contribution < 1.29 is 9.18 Å². The predicted octanol–water partition coefficient (Wildman–Crippen LogP) is 1.89. The SMILES string of the molecule is C=CCSC1=NN2C(=c3ccccc3=NC2c2ccccc2F)C(=O)N1. The van der Waals surface area contributed by atoms with Gasteiger partial charge in [0, 0.05) is 16.5 Å². The summed E-state index contributed by atoms with van der Waals surface area (Å²) in [5.74, 6) is -0.0721. The van der Waals surface area contributed by atoms with Crippen molar-refractivity contribution in [2.45, 2.75) is 6.17 Å². The molecule has 1 unspecified atom stereocenters. The average Bonchev–Trinajstić information content (AvgIpc) is 2.66. The number of hydrogen-bond acceptors (Lipinski definition) is 5. The first-order chi connectivity index (χ1) is 12.7. The Hall–Kier alpha value is -2.93. The smallest absolute Gasteiger partial charge is 0.276 e. The summed E-state index contributed by atoms with van der Waals surface area (Å²) in [5, 5.41) is 10.6. The molecule has 1 N–H and O–H groups in total. The van der Waals surface area contributed by atoms with E-state index < -0.39 is 6.17 Å². The number of para-hydroxylation sites is 1. The van der Waals surface area contributed by atoms with Crippen molar-refractivity contribution in [3.8, 4) is 0 Å². The van der Waals surface area contributed by atoms with Crippen LogP contribution in [0.15, 0.2) is 71.3 Å². The van der Waals surface area contributed by atoms with E-state index in [4.69, 9.17) is 0 Å². The van der Waals surface area contributed by atoms with Gasteiger partial charge in [0.2, 0.25) is 0 Å². The molecule has 0 spiro atoms. The minimum Gasteiger partial charge on any atom is -0.298 e. The van der Waals surface area contributed by atoms with Gasteiger partial charge in [-0.25, -0.2) is 9.40 Å². The predicted molar refractivity (Wildman–Crippen MR) is 99.8 cm³/mol. The molecule has 26 heavy (non-hydrogen) atoms. The summed E-state index contributed by atoms with van der Waals surface area (Å²) in [7, 11) is 0. The third-order valence-corrected chi connectivity index (χ3v) is 4.90. The first-order valence-electron chi connectivity index (χ1n) is 8.03. The lowest BCUT2D eigenvalue weighted by Crippen LogP contribution is -2.50. The molecule has 0 fully saturated rings. The topological polar surface area (TPSA) is 57.1 Å². The number of hydrogen-bond donors (Lipinski definition) is 1. The molecule has 2 heterocycles. The van der Waals surface area contributed by atoms with Crippen molar-refractivity contribution >= 4 is 28.5 Å². The Morgan fingerprint density at radius 2 is 2.00 bits per heavy atom. The van der Waals surface area contributed by atoms with Gasteiger partial charge in [-0.3, -0.25) is 15.1 Å². The van der Waals surface area contributed by atoms with Crippen LogP contribution in [0.2, 0.25) is 0 Å². The van der Waals surface area contributed by atoms with E-state index in [0.717, 1.165) is 0 Å². The molecule has 0 aliphatic carbocycles. The van der Waals surface area contributed by atoms with E-state index in [1.165, 1.54) is 22.8 Å². The molecule has 2 aromatic rings. The molecule has 1 amide bonds. The second-order valence-electron chi connectivity index (χ2n) is 5.69. The monoisotopic (exact) mass is 366 g/mol. The number of amides is 1. The van der Waals surface area contributed by atoms with E-state index in [1.54, 1.807) is 24.3 Å². The molecule has 5 nitrogen and oxygen atoms in total. The van der Waals surface area contributed by atoms with Crippen LogP contribution in [0.5, 0.6) is 0 Å². The molecule has 0 bridgehead atoms. The van der Waals surface area contributed by atoms with E-state index >= 15 is 0 Å². The number of fused-ring (bicyclic) bond motifs is 2. The number of thioether (sulfide) groups is 1. The summed E-state index contributed by atoms with van der Waals surface area (Å²) in [6.07, 6.45) is 0.981. The van der Waals surface area contributed by atoms with Gasteiger partial charge in [-0.05, 0) is 12.1 Å². The number of carbonyl (C=O) groups excluding carboxylic acids is 1. The van der Waals surface area contributed by atoms with Gasteiger partial charge in [-0.1, -0.05) is 54.2 Å². The van der Waals surface area contributed by atoms with Crippen molar-refractivity contribution in [2.75, 3.05) is 5.75 Å². The Bertz CT molecular complexity index is 1050. The summed E-state index contributed by atoms with van der Waals surface area (Å²) in [4.78, 5) is 17.4. The van der Waals surface area contributed by atoms with E-state index in [0.29, 0.717) is 32.8 Å². The second-order valence-corrected chi connectivity index (χ2v) is 6.70. The van der Waals surface area contributed by atoms with Crippen LogP contribution in [-0.4, -0.2) is 21.8 Å². The van der Waals surface area contributed by atoms with Crippen LogP contribution in [0.3, 0.4) is 0 Å². The third kappa shape index (κ3) is 2.80. The maximum Gasteiger partial charge on any atom is 0.276 e. The van der Waals surface area contributed by atoms with Gasteiger partial charge >= 0.3 is 0 Å². The van der Waals surface area contributed by atoms with Gasteiger partial charge in [0.25, 0.3) is 5.91 Å².